The first-order valence-electron chi connectivity index (χ1n) is 4.71. The molecule has 1 N–H and O–H groups in total. The van der Waals surface area contributed by atoms with Crippen molar-refractivity contribution in [2.45, 2.75) is 23.1 Å². The zero-order chi connectivity index (χ0) is 11.5. The number of aliphatic hydroxyl groups is 1. The fraction of sp³-hybridized carbons (Fsp3) is 0.182. The van der Waals surface area contributed by atoms with Gasteiger partial charge in [-0.3, -0.25) is 0 Å². The molecular formula is C11H10FNO2S. The van der Waals surface area contributed by atoms with Gasteiger partial charge in [0.15, 0.2) is 0 Å². The fourth-order valence-corrected chi connectivity index (χ4v) is 2.18. The SMILES string of the molecule is C[C@H](O)c1cc(F)ccc1Sc1ncco1. The Kier molecular flexibility index (Phi) is 3.26. The van der Waals surface area contributed by atoms with Crippen LogP contribution in [0.15, 0.2) is 45.2 Å². The van der Waals surface area contributed by atoms with Crippen LogP contribution in [0.25, 0.3) is 0 Å². The molecule has 0 fully saturated rings. The van der Waals surface area contributed by atoms with Crippen molar-refractivity contribution in [2.75, 3.05) is 0 Å². The molecule has 1 heterocycles. The standard InChI is InChI=1S/C11H10FNO2S/c1-7(14)9-6-8(12)2-3-10(9)16-11-13-4-5-15-11/h2-7,14H,1H3/t7-/m0/s1. The van der Waals surface area contributed by atoms with Crippen LogP contribution in [0.4, 0.5) is 4.39 Å². The largest absolute Gasteiger partial charge is 0.440 e. The Bertz CT molecular complexity index is 471. The summed E-state index contributed by atoms with van der Waals surface area (Å²) in [4.78, 5) is 4.69. The second kappa shape index (κ2) is 4.67. The molecule has 0 aliphatic heterocycles. The Morgan fingerprint density at radius 3 is 2.94 bits per heavy atom. The summed E-state index contributed by atoms with van der Waals surface area (Å²) >= 11 is 1.25. The van der Waals surface area contributed by atoms with E-state index in [2.05, 4.69) is 4.98 Å². The zero-order valence-corrected chi connectivity index (χ0v) is 9.37. The number of hydrogen-bond acceptors (Lipinski definition) is 4. The van der Waals surface area contributed by atoms with E-state index in [9.17, 15) is 9.50 Å². The van der Waals surface area contributed by atoms with E-state index in [4.69, 9.17) is 4.42 Å². The average Bonchev–Trinajstić information content (AvgIpc) is 2.73. The minimum atomic E-state index is -0.729. The number of hydrogen-bond donors (Lipinski definition) is 1. The van der Waals surface area contributed by atoms with Gasteiger partial charge in [0.1, 0.15) is 12.1 Å². The van der Waals surface area contributed by atoms with Gasteiger partial charge < -0.3 is 9.52 Å². The van der Waals surface area contributed by atoms with E-state index < -0.39 is 6.10 Å². The van der Waals surface area contributed by atoms with Gasteiger partial charge in [0.25, 0.3) is 5.22 Å². The lowest BCUT2D eigenvalue weighted by Crippen LogP contribution is -1.95. The molecule has 1 atom stereocenters. The first-order chi connectivity index (χ1) is 7.66. The Balaban J connectivity index is 2.33. The second-order valence-electron chi connectivity index (χ2n) is 3.26. The first-order valence-corrected chi connectivity index (χ1v) is 5.53. The normalized spacial score (nSPS) is 12.7. The van der Waals surface area contributed by atoms with Gasteiger partial charge in [0.2, 0.25) is 0 Å². The van der Waals surface area contributed by atoms with E-state index in [1.54, 1.807) is 13.0 Å². The fourth-order valence-electron chi connectivity index (χ4n) is 1.29. The number of rotatable bonds is 3. The Morgan fingerprint density at radius 2 is 2.31 bits per heavy atom. The highest BCUT2D eigenvalue weighted by molar-refractivity contribution is 7.99. The third-order valence-corrected chi connectivity index (χ3v) is 3.00. The molecule has 84 valence electrons. The maximum Gasteiger partial charge on any atom is 0.260 e. The number of oxazole rings is 1. The van der Waals surface area contributed by atoms with Gasteiger partial charge in [-0.1, -0.05) is 0 Å². The summed E-state index contributed by atoms with van der Waals surface area (Å²) in [5.74, 6) is -0.368. The van der Waals surface area contributed by atoms with Crippen molar-refractivity contribution in [3.8, 4) is 0 Å². The van der Waals surface area contributed by atoms with Crippen molar-refractivity contribution in [3.63, 3.8) is 0 Å². The molecule has 5 heteroatoms. The Labute approximate surface area is 96.3 Å². The van der Waals surface area contributed by atoms with Crippen LogP contribution in [0, 0.1) is 5.82 Å². The quantitative estimate of drug-likeness (QED) is 0.894. The summed E-state index contributed by atoms with van der Waals surface area (Å²) in [7, 11) is 0. The smallest absolute Gasteiger partial charge is 0.260 e. The Hall–Kier alpha value is -1.33. The summed E-state index contributed by atoms with van der Waals surface area (Å²) in [6, 6.07) is 4.26. The van der Waals surface area contributed by atoms with Crippen molar-refractivity contribution >= 4 is 11.8 Å². The van der Waals surface area contributed by atoms with E-state index in [0.717, 1.165) is 4.90 Å². The molecule has 0 bridgehead atoms. The molecule has 0 saturated carbocycles. The summed E-state index contributed by atoms with van der Waals surface area (Å²) in [5.41, 5.74) is 0.531. The number of nitrogens with zero attached hydrogens (tertiary/aromatic N) is 1. The van der Waals surface area contributed by atoms with Crippen LogP contribution in [0.1, 0.15) is 18.6 Å². The lowest BCUT2D eigenvalue weighted by atomic mass is 10.1. The van der Waals surface area contributed by atoms with Crippen LogP contribution in [0.2, 0.25) is 0 Å². The van der Waals surface area contributed by atoms with Gasteiger partial charge in [-0.25, -0.2) is 9.37 Å². The average molecular weight is 239 g/mol. The second-order valence-corrected chi connectivity index (χ2v) is 4.25. The molecular weight excluding hydrogens is 229 g/mol. The predicted molar refractivity (Wildman–Crippen MR) is 57.7 cm³/mol. The van der Waals surface area contributed by atoms with Gasteiger partial charge in [0, 0.05) is 4.90 Å². The molecule has 0 spiro atoms. The van der Waals surface area contributed by atoms with E-state index in [1.165, 1.54) is 36.4 Å². The highest BCUT2D eigenvalue weighted by atomic mass is 32.2. The maximum atomic E-state index is 13.0. The monoisotopic (exact) mass is 239 g/mol. The van der Waals surface area contributed by atoms with Crippen molar-refractivity contribution in [1.82, 2.24) is 4.98 Å². The highest BCUT2D eigenvalue weighted by Gasteiger charge is 2.12. The maximum absolute atomic E-state index is 13.0. The molecule has 1 aromatic carbocycles. The van der Waals surface area contributed by atoms with Crippen LogP contribution in [0.5, 0.6) is 0 Å². The van der Waals surface area contributed by atoms with Gasteiger partial charge in [-0.2, -0.15) is 0 Å². The van der Waals surface area contributed by atoms with Crippen LogP contribution >= 0.6 is 11.8 Å². The van der Waals surface area contributed by atoms with E-state index >= 15 is 0 Å². The molecule has 16 heavy (non-hydrogen) atoms. The van der Waals surface area contributed by atoms with E-state index in [0.29, 0.717) is 10.8 Å². The predicted octanol–water partition coefficient (Wildman–Crippen LogP) is 3.02. The number of aromatic nitrogens is 1. The molecule has 0 aliphatic carbocycles. The Morgan fingerprint density at radius 1 is 1.50 bits per heavy atom. The zero-order valence-electron chi connectivity index (χ0n) is 8.55. The van der Waals surface area contributed by atoms with Crippen LogP contribution in [-0.2, 0) is 0 Å². The number of benzene rings is 1. The van der Waals surface area contributed by atoms with Gasteiger partial charge >= 0.3 is 0 Å². The summed E-state index contributed by atoms with van der Waals surface area (Å²) in [6.45, 7) is 1.59. The van der Waals surface area contributed by atoms with Crippen molar-refractivity contribution in [2.24, 2.45) is 0 Å². The van der Waals surface area contributed by atoms with Gasteiger partial charge in [-0.05, 0) is 42.4 Å². The van der Waals surface area contributed by atoms with Crippen molar-refractivity contribution < 1.29 is 13.9 Å². The lowest BCUT2D eigenvalue weighted by Gasteiger charge is -2.09. The summed E-state index contributed by atoms with van der Waals surface area (Å²) in [5, 5.41) is 9.99. The molecule has 1 aromatic heterocycles. The third-order valence-electron chi connectivity index (χ3n) is 2.03. The van der Waals surface area contributed by atoms with Gasteiger partial charge in [0.05, 0.1) is 12.3 Å². The first kappa shape index (κ1) is 11.2. The van der Waals surface area contributed by atoms with Crippen LogP contribution < -0.4 is 0 Å². The minimum Gasteiger partial charge on any atom is -0.440 e. The summed E-state index contributed by atoms with van der Waals surface area (Å²) in [6.07, 6.45) is 2.27. The van der Waals surface area contributed by atoms with E-state index in [1.807, 2.05) is 0 Å². The minimum absolute atomic E-state index is 0.368. The number of halogens is 1. The van der Waals surface area contributed by atoms with Crippen molar-refractivity contribution in [1.29, 1.82) is 0 Å². The molecule has 2 aromatic rings. The molecule has 0 unspecified atom stereocenters. The molecule has 0 saturated heterocycles. The van der Waals surface area contributed by atoms with Crippen LogP contribution in [0.3, 0.4) is 0 Å². The van der Waals surface area contributed by atoms with Crippen molar-refractivity contribution in [3.05, 3.63) is 42.0 Å². The molecule has 3 nitrogen and oxygen atoms in total. The van der Waals surface area contributed by atoms with E-state index in [-0.39, 0.29) is 5.82 Å². The molecule has 2 rings (SSSR count). The highest BCUT2D eigenvalue weighted by Crippen LogP contribution is 2.32. The van der Waals surface area contributed by atoms with Gasteiger partial charge in [-0.15, -0.1) is 0 Å². The number of aliphatic hydroxyl groups excluding tert-OH is 1. The summed E-state index contributed by atoms with van der Waals surface area (Å²) < 4.78 is 18.1. The molecule has 0 amide bonds. The topological polar surface area (TPSA) is 46.3 Å². The third kappa shape index (κ3) is 2.43. The molecule has 0 radical (unpaired) electrons. The lowest BCUT2D eigenvalue weighted by molar-refractivity contribution is 0.196. The molecule has 0 aliphatic rings. The van der Waals surface area contributed by atoms with Crippen LogP contribution in [-0.4, -0.2) is 10.1 Å².